The third kappa shape index (κ3) is 3.74. The van der Waals surface area contributed by atoms with Gasteiger partial charge in [-0.1, -0.05) is 24.4 Å². The number of benzene rings is 1. The number of hydrogen-bond acceptors (Lipinski definition) is 5. The van der Waals surface area contributed by atoms with Crippen LogP contribution in [0.15, 0.2) is 28.8 Å². The van der Waals surface area contributed by atoms with Crippen molar-refractivity contribution >= 4 is 5.91 Å². The van der Waals surface area contributed by atoms with Crippen LogP contribution in [0.2, 0.25) is 0 Å². The molecule has 2 fully saturated rings. The van der Waals surface area contributed by atoms with Gasteiger partial charge in [0.1, 0.15) is 5.75 Å². The van der Waals surface area contributed by atoms with Crippen molar-refractivity contribution < 1.29 is 14.1 Å². The zero-order valence-electron chi connectivity index (χ0n) is 15.2. The fourth-order valence-corrected chi connectivity index (χ4v) is 4.21. The maximum Gasteiger partial charge on any atom is 0.253 e. The van der Waals surface area contributed by atoms with Crippen LogP contribution < -0.4 is 4.74 Å². The molecule has 0 bridgehead atoms. The lowest BCUT2D eigenvalue weighted by atomic mass is 9.75. The molecule has 6 nitrogen and oxygen atoms in total. The number of fused-ring (bicyclic) bond motifs is 1. The van der Waals surface area contributed by atoms with Gasteiger partial charge in [-0.3, -0.25) is 4.79 Å². The summed E-state index contributed by atoms with van der Waals surface area (Å²) in [6.45, 7) is 3.79. The molecule has 1 aromatic heterocycles. The van der Waals surface area contributed by atoms with Crippen LogP contribution in [0.3, 0.4) is 0 Å². The summed E-state index contributed by atoms with van der Waals surface area (Å²) in [5.41, 5.74) is 0.724. The van der Waals surface area contributed by atoms with Gasteiger partial charge in [-0.2, -0.15) is 4.98 Å². The molecule has 138 valence electrons. The third-order valence-corrected chi connectivity index (χ3v) is 5.62. The van der Waals surface area contributed by atoms with Gasteiger partial charge in [0.2, 0.25) is 11.7 Å². The lowest BCUT2D eigenvalue weighted by molar-refractivity contribution is 0.0521. The SMILES string of the molecule is Cc1nc(COc2ccc(C(=O)N3CC[C@H]4CCCC[C@H]4C3)cc2)no1. The Morgan fingerprint density at radius 3 is 2.69 bits per heavy atom. The van der Waals surface area contributed by atoms with E-state index in [1.54, 1.807) is 6.92 Å². The Morgan fingerprint density at radius 2 is 1.96 bits per heavy atom. The minimum Gasteiger partial charge on any atom is -0.485 e. The van der Waals surface area contributed by atoms with Gasteiger partial charge in [-0.15, -0.1) is 0 Å². The van der Waals surface area contributed by atoms with Crippen LogP contribution in [-0.4, -0.2) is 34.0 Å². The van der Waals surface area contributed by atoms with Crippen LogP contribution in [0.4, 0.5) is 0 Å². The normalized spacial score (nSPS) is 22.7. The molecular formula is C20H25N3O3. The first-order valence-electron chi connectivity index (χ1n) is 9.50. The maximum absolute atomic E-state index is 12.8. The maximum atomic E-state index is 12.8. The van der Waals surface area contributed by atoms with Gasteiger partial charge < -0.3 is 14.2 Å². The van der Waals surface area contributed by atoms with E-state index in [1.807, 2.05) is 29.2 Å². The molecule has 0 N–H and O–H groups in total. The van der Waals surface area contributed by atoms with E-state index in [9.17, 15) is 4.79 Å². The molecule has 4 rings (SSSR count). The predicted octanol–water partition coefficient (Wildman–Crippen LogP) is 3.61. The number of likely N-dealkylation sites (tertiary alicyclic amines) is 1. The van der Waals surface area contributed by atoms with E-state index in [1.165, 1.54) is 25.7 Å². The van der Waals surface area contributed by atoms with Crippen LogP contribution in [0, 0.1) is 18.8 Å². The monoisotopic (exact) mass is 355 g/mol. The highest BCUT2D eigenvalue weighted by Gasteiger charge is 2.33. The zero-order valence-corrected chi connectivity index (χ0v) is 15.2. The summed E-state index contributed by atoms with van der Waals surface area (Å²) >= 11 is 0. The van der Waals surface area contributed by atoms with Crippen LogP contribution in [0.25, 0.3) is 0 Å². The number of rotatable bonds is 4. The third-order valence-electron chi connectivity index (χ3n) is 5.62. The van der Waals surface area contributed by atoms with E-state index in [4.69, 9.17) is 9.26 Å². The second-order valence-corrected chi connectivity index (χ2v) is 7.39. The average Bonchev–Trinajstić information content (AvgIpc) is 3.11. The van der Waals surface area contributed by atoms with E-state index in [2.05, 4.69) is 10.1 Å². The number of carbonyl (C=O) groups excluding carboxylic acids is 1. The number of piperidine rings is 1. The van der Waals surface area contributed by atoms with Crippen LogP contribution in [0.5, 0.6) is 5.75 Å². The van der Waals surface area contributed by atoms with Crippen molar-refractivity contribution in [3.05, 3.63) is 41.5 Å². The Labute approximate surface area is 153 Å². The molecular weight excluding hydrogens is 330 g/mol. The van der Waals surface area contributed by atoms with Crippen molar-refractivity contribution in [1.29, 1.82) is 0 Å². The first-order valence-corrected chi connectivity index (χ1v) is 9.50. The summed E-state index contributed by atoms with van der Waals surface area (Å²) < 4.78 is 10.6. The summed E-state index contributed by atoms with van der Waals surface area (Å²) in [5.74, 6) is 3.38. The number of hydrogen-bond donors (Lipinski definition) is 0. The van der Waals surface area contributed by atoms with Crippen molar-refractivity contribution in [2.75, 3.05) is 13.1 Å². The van der Waals surface area contributed by atoms with Crippen molar-refractivity contribution in [2.24, 2.45) is 11.8 Å². The highest BCUT2D eigenvalue weighted by atomic mass is 16.5. The molecule has 1 saturated carbocycles. The number of aryl methyl sites for hydroxylation is 1. The highest BCUT2D eigenvalue weighted by molar-refractivity contribution is 5.94. The van der Waals surface area contributed by atoms with Crippen molar-refractivity contribution in [1.82, 2.24) is 15.0 Å². The molecule has 1 aromatic carbocycles. The van der Waals surface area contributed by atoms with E-state index >= 15 is 0 Å². The fourth-order valence-electron chi connectivity index (χ4n) is 4.21. The number of nitrogens with zero attached hydrogens (tertiary/aromatic N) is 3. The van der Waals surface area contributed by atoms with Gasteiger partial charge in [0, 0.05) is 25.6 Å². The van der Waals surface area contributed by atoms with Crippen LogP contribution >= 0.6 is 0 Å². The Morgan fingerprint density at radius 1 is 1.19 bits per heavy atom. The fraction of sp³-hybridized carbons (Fsp3) is 0.550. The predicted molar refractivity (Wildman–Crippen MR) is 95.8 cm³/mol. The van der Waals surface area contributed by atoms with E-state index < -0.39 is 0 Å². The molecule has 2 heterocycles. The molecule has 1 aliphatic heterocycles. The highest BCUT2D eigenvalue weighted by Crippen LogP contribution is 2.36. The molecule has 0 radical (unpaired) electrons. The largest absolute Gasteiger partial charge is 0.485 e. The van der Waals surface area contributed by atoms with Gasteiger partial charge in [0.15, 0.2) is 6.61 Å². The number of carbonyl (C=O) groups is 1. The molecule has 1 aliphatic carbocycles. The summed E-state index contributed by atoms with van der Waals surface area (Å²) in [4.78, 5) is 19.0. The van der Waals surface area contributed by atoms with Crippen molar-refractivity contribution in [2.45, 2.75) is 45.6 Å². The summed E-state index contributed by atoms with van der Waals surface area (Å²) in [7, 11) is 0. The van der Waals surface area contributed by atoms with Gasteiger partial charge in [0.25, 0.3) is 5.91 Å². The number of aromatic nitrogens is 2. The van der Waals surface area contributed by atoms with Gasteiger partial charge >= 0.3 is 0 Å². The molecule has 1 saturated heterocycles. The summed E-state index contributed by atoms with van der Waals surface area (Å²) in [6.07, 6.45) is 6.45. The molecule has 6 heteroatoms. The Kier molecular flexibility index (Phi) is 4.91. The minimum absolute atomic E-state index is 0.134. The lowest BCUT2D eigenvalue weighted by Gasteiger charge is -2.41. The first kappa shape index (κ1) is 17.1. The molecule has 2 atom stereocenters. The second-order valence-electron chi connectivity index (χ2n) is 7.39. The Hall–Kier alpha value is -2.37. The second kappa shape index (κ2) is 7.48. The molecule has 1 amide bonds. The molecule has 2 aromatic rings. The molecule has 0 spiro atoms. The Bertz CT molecular complexity index is 756. The lowest BCUT2D eigenvalue weighted by Crippen LogP contribution is -2.44. The van der Waals surface area contributed by atoms with Crippen molar-refractivity contribution in [3.8, 4) is 5.75 Å². The first-order chi connectivity index (χ1) is 12.7. The van der Waals surface area contributed by atoms with E-state index in [-0.39, 0.29) is 12.5 Å². The van der Waals surface area contributed by atoms with E-state index in [0.29, 0.717) is 23.4 Å². The topological polar surface area (TPSA) is 68.5 Å². The van der Waals surface area contributed by atoms with Gasteiger partial charge in [0.05, 0.1) is 0 Å². The Balaban J connectivity index is 1.34. The van der Waals surface area contributed by atoms with Gasteiger partial charge in [-0.05, 0) is 48.9 Å². The minimum atomic E-state index is 0.134. The van der Waals surface area contributed by atoms with Crippen LogP contribution in [0.1, 0.15) is 54.2 Å². The molecule has 2 aliphatic rings. The quantitative estimate of drug-likeness (QED) is 0.838. The summed E-state index contributed by atoms with van der Waals surface area (Å²) in [6, 6.07) is 7.33. The standard InChI is InChI=1S/C20H25N3O3/c1-14-21-19(22-26-14)13-25-18-8-6-16(7-9-18)20(24)23-11-10-15-4-2-3-5-17(15)12-23/h6-9,15,17H,2-5,10-13H2,1H3/t15-,17+/m1/s1. The number of amides is 1. The summed E-state index contributed by atoms with van der Waals surface area (Å²) in [5, 5.41) is 3.80. The van der Waals surface area contributed by atoms with Gasteiger partial charge in [-0.25, -0.2) is 0 Å². The number of ether oxygens (including phenoxy) is 1. The molecule has 0 unspecified atom stereocenters. The van der Waals surface area contributed by atoms with Crippen LogP contribution in [-0.2, 0) is 6.61 Å². The van der Waals surface area contributed by atoms with Crippen molar-refractivity contribution in [3.63, 3.8) is 0 Å². The smallest absolute Gasteiger partial charge is 0.253 e. The molecule has 26 heavy (non-hydrogen) atoms. The average molecular weight is 355 g/mol. The van der Waals surface area contributed by atoms with E-state index in [0.717, 1.165) is 31.0 Å². The zero-order chi connectivity index (χ0) is 17.9.